The molecule has 0 saturated carbocycles. The van der Waals surface area contributed by atoms with Gasteiger partial charge in [0.1, 0.15) is 17.9 Å². The van der Waals surface area contributed by atoms with Crippen molar-refractivity contribution in [1.82, 2.24) is 4.90 Å². The summed E-state index contributed by atoms with van der Waals surface area (Å²) in [5, 5.41) is 9.04. The molecule has 0 aliphatic carbocycles. The first-order chi connectivity index (χ1) is 9.06. The van der Waals surface area contributed by atoms with Crippen molar-refractivity contribution in [3.8, 4) is 5.75 Å². The number of hydrogen-bond donors (Lipinski definition) is 1. The zero-order valence-corrected chi connectivity index (χ0v) is 11.9. The van der Waals surface area contributed by atoms with Gasteiger partial charge in [0.05, 0.1) is 0 Å². The van der Waals surface area contributed by atoms with Crippen LogP contribution in [0.4, 0.5) is 0 Å². The minimum absolute atomic E-state index is 0.215. The molecule has 1 N–H and O–H groups in total. The van der Waals surface area contributed by atoms with E-state index >= 15 is 0 Å². The van der Waals surface area contributed by atoms with Crippen LogP contribution in [-0.4, -0.2) is 42.2 Å². The van der Waals surface area contributed by atoms with Crippen molar-refractivity contribution < 1.29 is 14.6 Å². The Hall–Kier alpha value is -1.55. The third-order valence-corrected chi connectivity index (χ3v) is 3.28. The molecular weight excluding hydrogens is 242 g/mol. The monoisotopic (exact) mass is 265 g/mol. The summed E-state index contributed by atoms with van der Waals surface area (Å²) in [5.41, 5.74) is 0.215. The topological polar surface area (TPSA) is 49.8 Å². The molecule has 1 aromatic carbocycles. The van der Waals surface area contributed by atoms with Crippen molar-refractivity contribution in [1.29, 1.82) is 0 Å². The number of carbonyl (C=O) groups is 1. The molecule has 0 spiro atoms. The quantitative estimate of drug-likeness (QED) is 0.785. The first-order valence-corrected chi connectivity index (χ1v) is 6.71. The molecule has 0 heterocycles. The maximum Gasteiger partial charge on any atom is 0.339 e. The number of carboxylic acid groups (broad SMARTS) is 1. The van der Waals surface area contributed by atoms with Gasteiger partial charge in [-0.05, 0) is 32.5 Å². The standard InChI is InChI=1S/C15H23NO3/c1-4-7-12(2)16(3)10-11-19-14-9-6-5-8-13(14)15(17)18/h5-6,8-9,12H,4,7,10-11H2,1-3H3,(H,17,18). The maximum absolute atomic E-state index is 11.0. The highest BCUT2D eigenvalue weighted by atomic mass is 16.5. The van der Waals surface area contributed by atoms with Gasteiger partial charge in [-0.1, -0.05) is 25.5 Å². The summed E-state index contributed by atoms with van der Waals surface area (Å²) in [5.74, 6) is -0.519. The molecule has 106 valence electrons. The number of nitrogens with zero attached hydrogens (tertiary/aromatic N) is 1. The predicted molar refractivity (Wildman–Crippen MR) is 75.9 cm³/mol. The second kappa shape index (κ2) is 7.79. The first kappa shape index (κ1) is 15.5. The highest BCUT2D eigenvalue weighted by Crippen LogP contribution is 2.17. The van der Waals surface area contributed by atoms with Crippen LogP contribution in [0, 0.1) is 0 Å². The number of ether oxygens (including phenoxy) is 1. The summed E-state index contributed by atoms with van der Waals surface area (Å²) in [6.45, 7) is 5.64. The summed E-state index contributed by atoms with van der Waals surface area (Å²) in [6.07, 6.45) is 2.32. The van der Waals surface area contributed by atoms with Gasteiger partial charge in [-0.3, -0.25) is 0 Å². The van der Waals surface area contributed by atoms with Crippen LogP contribution in [0.3, 0.4) is 0 Å². The number of aromatic carboxylic acids is 1. The summed E-state index contributed by atoms with van der Waals surface area (Å²) < 4.78 is 5.57. The Kier molecular flexibility index (Phi) is 6.36. The fourth-order valence-corrected chi connectivity index (χ4v) is 1.93. The molecule has 1 unspecified atom stereocenters. The van der Waals surface area contributed by atoms with E-state index in [9.17, 15) is 4.79 Å². The van der Waals surface area contributed by atoms with Gasteiger partial charge in [-0.15, -0.1) is 0 Å². The Morgan fingerprint density at radius 3 is 2.74 bits per heavy atom. The van der Waals surface area contributed by atoms with E-state index in [1.807, 2.05) is 0 Å². The summed E-state index contributed by atoms with van der Waals surface area (Å²) in [7, 11) is 2.06. The van der Waals surface area contributed by atoms with Gasteiger partial charge >= 0.3 is 5.97 Å². The van der Waals surface area contributed by atoms with Crippen molar-refractivity contribution in [3.63, 3.8) is 0 Å². The third kappa shape index (κ3) is 4.91. The lowest BCUT2D eigenvalue weighted by Gasteiger charge is -2.24. The Labute approximate surface area is 115 Å². The second-order valence-corrected chi connectivity index (χ2v) is 4.77. The predicted octanol–water partition coefficient (Wildman–Crippen LogP) is 2.88. The van der Waals surface area contributed by atoms with Crippen molar-refractivity contribution in [2.75, 3.05) is 20.2 Å². The van der Waals surface area contributed by atoms with E-state index in [2.05, 4.69) is 25.8 Å². The van der Waals surface area contributed by atoms with Crippen LogP contribution in [0.1, 0.15) is 37.0 Å². The Morgan fingerprint density at radius 1 is 1.42 bits per heavy atom. The zero-order valence-electron chi connectivity index (χ0n) is 11.9. The average molecular weight is 265 g/mol. The molecule has 19 heavy (non-hydrogen) atoms. The normalized spacial score (nSPS) is 12.4. The fourth-order valence-electron chi connectivity index (χ4n) is 1.93. The number of benzene rings is 1. The minimum atomic E-state index is -0.955. The molecule has 0 radical (unpaired) electrons. The van der Waals surface area contributed by atoms with Crippen molar-refractivity contribution in [3.05, 3.63) is 29.8 Å². The number of carboxylic acids is 1. The Balaban J connectivity index is 2.47. The largest absolute Gasteiger partial charge is 0.491 e. The number of likely N-dealkylation sites (N-methyl/N-ethyl adjacent to an activating group) is 1. The molecule has 1 atom stereocenters. The van der Waals surface area contributed by atoms with Crippen LogP contribution in [0.2, 0.25) is 0 Å². The smallest absolute Gasteiger partial charge is 0.339 e. The second-order valence-electron chi connectivity index (χ2n) is 4.77. The molecule has 4 heteroatoms. The molecule has 0 aliphatic heterocycles. The van der Waals surface area contributed by atoms with E-state index in [1.165, 1.54) is 0 Å². The average Bonchev–Trinajstić information content (AvgIpc) is 2.39. The molecule has 4 nitrogen and oxygen atoms in total. The maximum atomic E-state index is 11.0. The van der Waals surface area contributed by atoms with Crippen LogP contribution < -0.4 is 4.74 Å². The molecule has 0 aliphatic rings. The van der Waals surface area contributed by atoms with E-state index < -0.39 is 5.97 Å². The van der Waals surface area contributed by atoms with Crippen LogP contribution in [0.15, 0.2) is 24.3 Å². The fraction of sp³-hybridized carbons (Fsp3) is 0.533. The lowest BCUT2D eigenvalue weighted by atomic mass is 10.2. The highest BCUT2D eigenvalue weighted by molar-refractivity contribution is 5.90. The lowest BCUT2D eigenvalue weighted by molar-refractivity contribution is 0.0691. The Bertz CT molecular complexity index is 406. The number of hydrogen-bond acceptors (Lipinski definition) is 3. The van der Waals surface area contributed by atoms with Gasteiger partial charge in [0.2, 0.25) is 0 Å². The summed E-state index contributed by atoms with van der Waals surface area (Å²) >= 11 is 0. The lowest BCUT2D eigenvalue weighted by Crippen LogP contribution is -2.32. The minimum Gasteiger partial charge on any atom is -0.491 e. The molecule has 0 amide bonds. The summed E-state index contributed by atoms with van der Waals surface area (Å²) in [4.78, 5) is 13.3. The number of para-hydroxylation sites is 1. The van der Waals surface area contributed by atoms with Gasteiger partial charge in [0.15, 0.2) is 0 Å². The molecule has 1 rings (SSSR count). The van der Waals surface area contributed by atoms with Crippen molar-refractivity contribution in [2.24, 2.45) is 0 Å². The van der Waals surface area contributed by atoms with Gasteiger partial charge < -0.3 is 14.7 Å². The molecular formula is C15H23NO3. The SMILES string of the molecule is CCCC(C)N(C)CCOc1ccccc1C(=O)O. The Morgan fingerprint density at radius 2 is 2.11 bits per heavy atom. The number of rotatable bonds is 8. The van der Waals surface area contributed by atoms with E-state index in [1.54, 1.807) is 24.3 Å². The molecule has 0 saturated heterocycles. The third-order valence-electron chi connectivity index (χ3n) is 3.28. The van der Waals surface area contributed by atoms with Gasteiger partial charge in [-0.25, -0.2) is 4.79 Å². The zero-order chi connectivity index (χ0) is 14.3. The van der Waals surface area contributed by atoms with Crippen LogP contribution in [0.25, 0.3) is 0 Å². The van der Waals surface area contributed by atoms with E-state index in [-0.39, 0.29) is 5.56 Å². The van der Waals surface area contributed by atoms with E-state index in [4.69, 9.17) is 9.84 Å². The highest BCUT2D eigenvalue weighted by Gasteiger charge is 2.11. The van der Waals surface area contributed by atoms with Crippen LogP contribution in [-0.2, 0) is 0 Å². The molecule has 1 aromatic rings. The molecule has 0 aromatic heterocycles. The van der Waals surface area contributed by atoms with Gasteiger partial charge in [0.25, 0.3) is 0 Å². The van der Waals surface area contributed by atoms with E-state index in [0.29, 0.717) is 18.4 Å². The van der Waals surface area contributed by atoms with E-state index in [0.717, 1.165) is 19.4 Å². The van der Waals surface area contributed by atoms with Crippen molar-refractivity contribution in [2.45, 2.75) is 32.7 Å². The molecule has 0 fully saturated rings. The van der Waals surface area contributed by atoms with Crippen molar-refractivity contribution >= 4 is 5.97 Å². The van der Waals surface area contributed by atoms with Gasteiger partial charge in [0, 0.05) is 12.6 Å². The summed E-state index contributed by atoms with van der Waals surface area (Å²) in [6, 6.07) is 7.25. The van der Waals surface area contributed by atoms with Gasteiger partial charge in [-0.2, -0.15) is 0 Å². The molecule has 0 bridgehead atoms. The van der Waals surface area contributed by atoms with Crippen LogP contribution >= 0.6 is 0 Å². The van der Waals surface area contributed by atoms with Crippen LogP contribution in [0.5, 0.6) is 5.75 Å². The first-order valence-electron chi connectivity index (χ1n) is 6.71.